The number of ether oxygens (including phenoxy) is 1. The average molecular weight is 306 g/mol. The predicted molar refractivity (Wildman–Crippen MR) is 88.8 cm³/mol. The topological polar surface area (TPSA) is 24.5 Å². The van der Waals surface area contributed by atoms with Crippen molar-refractivity contribution in [2.75, 3.05) is 33.3 Å². The number of nitrogens with one attached hydrogen (secondary N) is 1. The Morgan fingerprint density at radius 3 is 2.77 bits per heavy atom. The molecule has 122 valence electrons. The van der Waals surface area contributed by atoms with Gasteiger partial charge in [0.1, 0.15) is 0 Å². The zero-order valence-electron chi connectivity index (χ0n) is 13.5. The van der Waals surface area contributed by atoms with Crippen LogP contribution >= 0.6 is 0 Å². The molecule has 2 rings (SSSR count). The van der Waals surface area contributed by atoms with E-state index in [9.17, 15) is 4.39 Å². The first-order valence-corrected chi connectivity index (χ1v) is 8.15. The molecule has 1 aliphatic heterocycles. The summed E-state index contributed by atoms with van der Waals surface area (Å²) in [4.78, 5) is 2.46. The molecule has 0 aromatic heterocycles. The summed E-state index contributed by atoms with van der Waals surface area (Å²) in [6.45, 7) is 7.80. The van der Waals surface area contributed by atoms with Gasteiger partial charge in [0, 0.05) is 32.2 Å². The fourth-order valence-electron chi connectivity index (χ4n) is 3.07. The molecule has 1 atom stereocenters. The summed E-state index contributed by atoms with van der Waals surface area (Å²) in [7, 11) is 1.50. The van der Waals surface area contributed by atoms with Gasteiger partial charge in [-0.25, -0.2) is 4.39 Å². The number of hydrogen-bond acceptors (Lipinski definition) is 3. The molecule has 0 bridgehead atoms. The van der Waals surface area contributed by atoms with Crippen molar-refractivity contribution in [2.24, 2.45) is 0 Å². The molecule has 1 aliphatic rings. The maximum Gasteiger partial charge on any atom is 0.165 e. The summed E-state index contributed by atoms with van der Waals surface area (Å²) in [6.07, 6.45) is 6.34. The van der Waals surface area contributed by atoms with Crippen molar-refractivity contribution in [3.05, 3.63) is 42.2 Å². The van der Waals surface area contributed by atoms with Crippen LogP contribution in [0.2, 0.25) is 0 Å². The van der Waals surface area contributed by atoms with Gasteiger partial charge in [-0.3, -0.25) is 4.90 Å². The van der Waals surface area contributed by atoms with Crippen molar-refractivity contribution < 1.29 is 9.13 Å². The first-order valence-electron chi connectivity index (χ1n) is 8.15. The van der Waals surface area contributed by atoms with Crippen molar-refractivity contribution in [1.29, 1.82) is 0 Å². The molecule has 0 aliphatic carbocycles. The largest absolute Gasteiger partial charge is 0.494 e. The molecule has 3 nitrogen and oxygen atoms in total. The van der Waals surface area contributed by atoms with Crippen molar-refractivity contribution in [1.82, 2.24) is 10.2 Å². The zero-order valence-corrected chi connectivity index (χ0v) is 13.5. The molecule has 4 heteroatoms. The van der Waals surface area contributed by atoms with E-state index in [1.807, 2.05) is 12.1 Å². The average Bonchev–Trinajstić information content (AvgIpc) is 2.56. The van der Waals surface area contributed by atoms with Crippen LogP contribution in [0.1, 0.15) is 37.3 Å². The van der Waals surface area contributed by atoms with Crippen LogP contribution < -0.4 is 10.1 Å². The number of nitrogens with zero attached hydrogens (tertiary/aromatic N) is 1. The SMILES string of the molecule is C=CCCCC[C@H](c1ccc(OC)c(F)c1)N1CCNCC1. The number of hydrogen-bond donors (Lipinski definition) is 1. The fraction of sp³-hybridized carbons (Fsp3) is 0.556. The monoisotopic (exact) mass is 306 g/mol. The minimum atomic E-state index is -0.272. The molecule has 1 saturated heterocycles. The van der Waals surface area contributed by atoms with Gasteiger partial charge >= 0.3 is 0 Å². The molecule has 1 aromatic rings. The number of methoxy groups -OCH3 is 1. The number of halogens is 1. The first kappa shape index (κ1) is 17.0. The molecular weight excluding hydrogens is 279 g/mol. The van der Waals surface area contributed by atoms with Crippen LogP contribution in [0, 0.1) is 5.82 Å². The molecule has 1 aromatic carbocycles. The molecule has 0 spiro atoms. The third-order valence-corrected chi connectivity index (χ3v) is 4.29. The van der Waals surface area contributed by atoms with Gasteiger partial charge in [0.05, 0.1) is 7.11 Å². The maximum absolute atomic E-state index is 14.1. The summed E-state index contributed by atoms with van der Waals surface area (Å²) < 4.78 is 19.1. The Balaban J connectivity index is 2.11. The second-order valence-corrected chi connectivity index (χ2v) is 5.77. The quantitative estimate of drug-likeness (QED) is 0.587. The van der Waals surface area contributed by atoms with Crippen molar-refractivity contribution in [2.45, 2.75) is 31.7 Å². The van der Waals surface area contributed by atoms with E-state index in [1.165, 1.54) is 7.11 Å². The normalized spacial score (nSPS) is 17.2. The fourth-order valence-corrected chi connectivity index (χ4v) is 3.07. The summed E-state index contributed by atoms with van der Waals surface area (Å²) in [5, 5.41) is 3.38. The molecule has 0 amide bonds. The molecule has 0 radical (unpaired) electrons. The zero-order chi connectivity index (χ0) is 15.8. The van der Waals surface area contributed by atoms with Crippen molar-refractivity contribution in [3.8, 4) is 5.75 Å². The Bertz CT molecular complexity index is 472. The predicted octanol–water partition coefficient (Wildman–Crippen LogP) is 3.53. The highest BCUT2D eigenvalue weighted by Gasteiger charge is 2.22. The molecule has 1 heterocycles. The van der Waals surface area contributed by atoms with Gasteiger partial charge in [-0.15, -0.1) is 6.58 Å². The third-order valence-electron chi connectivity index (χ3n) is 4.29. The Morgan fingerprint density at radius 1 is 1.36 bits per heavy atom. The van der Waals surface area contributed by atoms with Crippen molar-refractivity contribution >= 4 is 0 Å². The lowest BCUT2D eigenvalue weighted by atomic mass is 9.97. The third kappa shape index (κ3) is 4.55. The van der Waals surface area contributed by atoms with Crippen LogP contribution in [0.25, 0.3) is 0 Å². The van der Waals surface area contributed by atoms with Crippen LogP contribution in [0.5, 0.6) is 5.75 Å². The van der Waals surface area contributed by atoms with Gasteiger partial charge in [-0.2, -0.15) is 0 Å². The van der Waals surface area contributed by atoms with Crippen LogP contribution in [0.15, 0.2) is 30.9 Å². The summed E-state index contributed by atoms with van der Waals surface area (Å²) in [5.74, 6) is 0.0423. The number of allylic oxidation sites excluding steroid dienone is 1. The number of rotatable bonds is 8. The molecule has 1 fully saturated rings. The maximum atomic E-state index is 14.1. The van der Waals surface area contributed by atoms with E-state index >= 15 is 0 Å². The summed E-state index contributed by atoms with van der Waals surface area (Å²) in [5.41, 5.74) is 1.05. The van der Waals surface area contributed by atoms with Gasteiger partial charge in [0.2, 0.25) is 0 Å². The van der Waals surface area contributed by atoms with Gasteiger partial charge in [-0.05, 0) is 37.0 Å². The standard InChI is InChI=1S/C18H27FN2O/c1-3-4-5-6-7-17(21-12-10-20-11-13-21)15-8-9-18(22-2)16(19)14-15/h3,8-9,14,17,20H,1,4-7,10-13H2,2H3/t17-/m1/s1. The number of piperazine rings is 1. The Kier molecular flexibility index (Phi) is 6.87. The second kappa shape index (κ2) is 8.91. The summed E-state index contributed by atoms with van der Waals surface area (Å²) in [6, 6.07) is 5.66. The Labute approximate surface area is 133 Å². The van der Waals surface area contributed by atoms with E-state index in [1.54, 1.807) is 12.1 Å². The highest BCUT2D eigenvalue weighted by atomic mass is 19.1. The van der Waals surface area contributed by atoms with Crippen LogP contribution in [-0.2, 0) is 0 Å². The van der Waals surface area contributed by atoms with Crippen LogP contribution in [0.4, 0.5) is 4.39 Å². The van der Waals surface area contributed by atoms with Gasteiger partial charge in [0.15, 0.2) is 11.6 Å². The minimum Gasteiger partial charge on any atom is -0.494 e. The van der Waals surface area contributed by atoms with Crippen LogP contribution in [0.3, 0.4) is 0 Å². The highest BCUT2D eigenvalue weighted by Crippen LogP contribution is 2.30. The Morgan fingerprint density at radius 2 is 2.14 bits per heavy atom. The van der Waals surface area contributed by atoms with Gasteiger partial charge in [0.25, 0.3) is 0 Å². The first-order chi connectivity index (χ1) is 10.8. The van der Waals surface area contributed by atoms with E-state index in [-0.39, 0.29) is 11.9 Å². The van der Waals surface area contributed by atoms with E-state index in [2.05, 4.69) is 16.8 Å². The smallest absolute Gasteiger partial charge is 0.165 e. The number of unbranched alkanes of at least 4 members (excludes halogenated alkanes) is 2. The van der Waals surface area contributed by atoms with E-state index in [0.29, 0.717) is 5.75 Å². The molecule has 0 unspecified atom stereocenters. The lowest BCUT2D eigenvalue weighted by molar-refractivity contribution is 0.162. The minimum absolute atomic E-state index is 0.272. The van der Waals surface area contributed by atoms with Crippen molar-refractivity contribution in [3.63, 3.8) is 0 Å². The lowest BCUT2D eigenvalue weighted by Gasteiger charge is -2.35. The van der Waals surface area contributed by atoms with E-state index in [4.69, 9.17) is 4.74 Å². The van der Waals surface area contributed by atoms with E-state index in [0.717, 1.165) is 57.4 Å². The molecule has 22 heavy (non-hydrogen) atoms. The van der Waals surface area contributed by atoms with E-state index < -0.39 is 0 Å². The van der Waals surface area contributed by atoms with Crippen LogP contribution in [-0.4, -0.2) is 38.2 Å². The summed E-state index contributed by atoms with van der Waals surface area (Å²) >= 11 is 0. The van der Waals surface area contributed by atoms with Gasteiger partial charge in [-0.1, -0.05) is 18.6 Å². The highest BCUT2D eigenvalue weighted by molar-refractivity contribution is 5.31. The molecule has 0 saturated carbocycles. The second-order valence-electron chi connectivity index (χ2n) is 5.77. The molecular formula is C18H27FN2O. The Hall–Kier alpha value is -1.39. The number of benzene rings is 1. The lowest BCUT2D eigenvalue weighted by Crippen LogP contribution is -2.45. The molecule has 1 N–H and O–H groups in total. The van der Waals surface area contributed by atoms with Gasteiger partial charge < -0.3 is 10.1 Å².